The predicted molar refractivity (Wildman–Crippen MR) is 105 cm³/mol. The summed E-state index contributed by atoms with van der Waals surface area (Å²) in [5.74, 6) is -0.532. The van der Waals surface area contributed by atoms with Gasteiger partial charge in [0.2, 0.25) is 5.91 Å². The lowest BCUT2D eigenvalue weighted by Crippen LogP contribution is -2.38. The van der Waals surface area contributed by atoms with Crippen molar-refractivity contribution < 1.29 is 28.2 Å². The number of carbonyl (C=O) groups excluding carboxylic acids is 1. The van der Waals surface area contributed by atoms with Crippen molar-refractivity contribution in [2.45, 2.75) is 24.8 Å². The summed E-state index contributed by atoms with van der Waals surface area (Å²) in [5, 5.41) is 28.3. The number of β-amino-alcohol motifs (C(OH)–C–C–N with tert-alkyl or cyclic N) is 2. The lowest BCUT2D eigenvalue weighted by Gasteiger charge is -2.33. The highest BCUT2D eigenvalue weighted by Gasteiger charge is 2.37. The summed E-state index contributed by atoms with van der Waals surface area (Å²) in [6.45, 7) is 0.569. The summed E-state index contributed by atoms with van der Waals surface area (Å²) >= 11 is 0. The highest BCUT2D eigenvalue weighted by molar-refractivity contribution is 6.09. The molecule has 1 aromatic rings. The minimum Gasteiger partial charge on any atom is -0.404 e. The van der Waals surface area contributed by atoms with Gasteiger partial charge in [-0.25, -0.2) is 4.98 Å². The van der Waals surface area contributed by atoms with Crippen molar-refractivity contribution in [2.75, 3.05) is 37.6 Å². The Bertz CT molecular complexity index is 942. The van der Waals surface area contributed by atoms with Crippen LogP contribution in [0.5, 0.6) is 0 Å². The Balaban J connectivity index is 1.85. The van der Waals surface area contributed by atoms with Crippen LogP contribution in [0, 0.1) is 11.3 Å². The maximum Gasteiger partial charge on any atom is 0.417 e. The number of nitrogens with two attached hydrogens (primary N) is 1. The summed E-state index contributed by atoms with van der Waals surface area (Å²) in [6.07, 6.45) is -3.90. The van der Waals surface area contributed by atoms with E-state index in [1.54, 1.807) is 11.0 Å². The molecule has 1 amide bonds. The minimum absolute atomic E-state index is 0.0274. The molecule has 4 N–H and O–H groups in total. The van der Waals surface area contributed by atoms with Gasteiger partial charge in [0, 0.05) is 44.2 Å². The highest BCUT2D eigenvalue weighted by atomic mass is 19.4. The molecule has 2 saturated heterocycles. The lowest BCUT2D eigenvalue weighted by molar-refractivity contribution is -0.137. The number of allylic oxidation sites excluding steroid dienone is 1. The Morgan fingerprint density at radius 2 is 2.00 bits per heavy atom. The predicted octanol–water partition coefficient (Wildman–Crippen LogP) is 0.117. The third-order valence-corrected chi connectivity index (χ3v) is 5.12. The molecular formula is C19H21F3N6O3. The molecular weight excluding hydrogens is 417 g/mol. The number of nitrogens with zero attached hydrogens (tertiary/aromatic N) is 5. The number of anilines is 1. The Hall–Kier alpha value is -3.17. The van der Waals surface area contributed by atoms with Crippen molar-refractivity contribution in [1.29, 1.82) is 5.26 Å². The largest absolute Gasteiger partial charge is 0.417 e. The lowest BCUT2D eigenvalue weighted by atomic mass is 10.0. The van der Waals surface area contributed by atoms with Crippen molar-refractivity contribution in [3.8, 4) is 6.07 Å². The van der Waals surface area contributed by atoms with E-state index in [1.165, 1.54) is 4.90 Å². The zero-order valence-electron chi connectivity index (χ0n) is 16.4. The van der Waals surface area contributed by atoms with Crippen LogP contribution in [0.2, 0.25) is 0 Å². The monoisotopic (exact) mass is 438 g/mol. The fraction of sp³-hybridized carbons (Fsp3) is 0.474. The number of aliphatic hydroxyl groups excluding tert-OH is 2. The Morgan fingerprint density at radius 1 is 1.35 bits per heavy atom. The molecule has 2 atom stereocenters. The number of aliphatic hydroxyl groups is 2. The molecule has 0 radical (unpaired) electrons. The van der Waals surface area contributed by atoms with E-state index in [9.17, 15) is 33.4 Å². The molecule has 1 aromatic heterocycles. The standard InChI is InChI=1S/C19H21F3N6O3/c20-19(21,22)13-4-14(26-18(12(13)6-24)27-2-1-3-27)11(5-23)7-25-8-17(31)28-9-15(29)16(30)10-28/h4-5,7,15-16,29-30H,1-3,8-10,23H2. The van der Waals surface area contributed by atoms with Crippen LogP contribution in [0.3, 0.4) is 0 Å². The van der Waals surface area contributed by atoms with Crippen LogP contribution in [0.4, 0.5) is 19.0 Å². The van der Waals surface area contributed by atoms with Crippen LogP contribution < -0.4 is 10.6 Å². The first kappa shape index (κ1) is 22.5. The summed E-state index contributed by atoms with van der Waals surface area (Å²) in [4.78, 5) is 23.1. The van der Waals surface area contributed by atoms with Gasteiger partial charge in [-0.3, -0.25) is 9.79 Å². The summed E-state index contributed by atoms with van der Waals surface area (Å²) in [6, 6.07) is 2.34. The molecule has 166 valence electrons. The van der Waals surface area contributed by atoms with Crippen molar-refractivity contribution >= 4 is 23.5 Å². The van der Waals surface area contributed by atoms with E-state index >= 15 is 0 Å². The van der Waals surface area contributed by atoms with Crippen LogP contribution in [0.1, 0.15) is 23.2 Å². The molecule has 31 heavy (non-hydrogen) atoms. The van der Waals surface area contributed by atoms with Crippen LogP contribution in [0.25, 0.3) is 5.57 Å². The molecule has 0 spiro atoms. The maximum absolute atomic E-state index is 13.6. The van der Waals surface area contributed by atoms with Gasteiger partial charge in [0.25, 0.3) is 0 Å². The third-order valence-electron chi connectivity index (χ3n) is 5.12. The molecule has 0 aromatic carbocycles. The number of aliphatic imine (C=N–C) groups is 1. The first-order valence-electron chi connectivity index (χ1n) is 9.49. The second-order valence-corrected chi connectivity index (χ2v) is 7.23. The van der Waals surface area contributed by atoms with Crippen molar-refractivity contribution in [3.63, 3.8) is 0 Å². The van der Waals surface area contributed by atoms with Gasteiger partial charge in [0.15, 0.2) is 0 Å². The number of aromatic nitrogens is 1. The van der Waals surface area contributed by atoms with Gasteiger partial charge in [0.05, 0.1) is 23.5 Å². The number of halogens is 3. The SMILES string of the molecule is N#Cc1c(C(F)(F)F)cc(C(C=NCC(=O)N2CC(O)C(O)C2)=CN)nc1N1CCC1. The van der Waals surface area contributed by atoms with Gasteiger partial charge in [0.1, 0.15) is 24.0 Å². The molecule has 2 unspecified atom stereocenters. The van der Waals surface area contributed by atoms with E-state index < -0.39 is 35.4 Å². The van der Waals surface area contributed by atoms with Gasteiger partial charge in [-0.05, 0) is 12.5 Å². The van der Waals surface area contributed by atoms with Crippen LogP contribution in [-0.4, -0.2) is 77.2 Å². The Morgan fingerprint density at radius 3 is 2.48 bits per heavy atom. The zero-order valence-corrected chi connectivity index (χ0v) is 16.4. The highest BCUT2D eigenvalue weighted by Crippen LogP contribution is 2.37. The number of likely N-dealkylation sites (tertiary alicyclic amines) is 1. The quantitative estimate of drug-likeness (QED) is 0.555. The topological polar surface area (TPSA) is 139 Å². The molecule has 9 nitrogen and oxygen atoms in total. The summed E-state index contributed by atoms with van der Waals surface area (Å²) in [7, 11) is 0. The summed E-state index contributed by atoms with van der Waals surface area (Å²) in [5.41, 5.74) is 3.82. The molecule has 2 fully saturated rings. The number of carbonyl (C=O) groups is 1. The van der Waals surface area contributed by atoms with Gasteiger partial charge in [-0.2, -0.15) is 18.4 Å². The van der Waals surface area contributed by atoms with E-state index in [0.717, 1.165) is 24.9 Å². The number of nitriles is 1. The molecule has 2 aliphatic heterocycles. The molecule has 0 aliphatic carbocycles. The second-order valence-electron chi connectivity index (χ2n) is 7.23. The number of rotatable bonds is 5. The van der Waals surface area contributed by atoms with E-state index in [4.69, 9.17) is 5.73 Å². The maximum atomic E-state index is 13.6. The van der Waals surface area contributed by atoms with Crippen LogP contribution >= 0.6 is 0 Å². The average Bonchev–Trinajstić information content (AvgIpc) is 3.01. The minimum atomic E-state index is -4.77. The van der Waals surface area contributed by atoms with Crippen LogP contribution in [0.15, 0.2) is 17.3 Å². The Labute approximate surface area is 175 Å². The van der Waals surface area contributed by atoms with Gasteiger partial charge in [-0.1, -0.05) is 0 Å². The molecule has 0 bridgehead atoms. The molecule has 2 aliphatic rings. The van der Waals surface area contributed by atoms with Gasteiger partial charge in [-0.15, -0.1) is 0 Å². The van der Waals surface area contributed by atoms with E-state index in [1.807, 2.05) is 0 Å². The number of alkyl halides is 3. The van der Waals surface area contributed by atoms with Crippen molar-refractivity contribution in [1.82, 2.24) is 9.88 Å². The van der Waals surface area contributed by atoms with Crippen molar-refractivity contribution in [3.05, 3.63) is 29.1 Å². The molecule has 3 rings (SSSR count). The van der Waals surface area contributed by atoms with Gasteiger partial charge >= 0.3 is 6.18 Å². The smallest absolute Gasteiger partial charge is 0.404 e. The normalized spacial score (nSPS) is 22.0. The van der Waals surface area contributed by atoms with E-state index in [-0.39, 0.29) is 36.7 Å². The fourth-order valence-corrected chi connectivity index (χ4v) is 3.26. The van der Waals surface area contributed by atoms with Crippen LogP contribution in [-0.2, 0) is 11.0 Å². The first-order valence-corrected chi connectivity index (χ1v) is 9.49. The van der Waals surface area contributed by atoms with Gasteiger partial charge < -0.3 is 25.7 Å². The second kappa shape index (κ2) is 8.91. The number of hydrogen-bond acceptors (Lipinski definition) is 8. The molecule has 3 heterocycles. The summed E-state index contributed by atoms with van der Waals surface area (Å²) < 4.78 is 40.7. The number of amides is 1. The number of pyridine rings is 1. The fourth-order valence-electron chi connectivity index (χ4n) is 3.26. The molecule has 0 saturated carbocycles. The first-order chi connectivity index (χ1) is 14.7. The molecule has 12 heteroatoms. The number of hydrogen-bond donors (Lipinski definition) is 3. The van der Waals surface area contributed by atoms with E-state index in [2.05, 4.69) is 9.98 Å². The van der Waals surface area contributed by atoms with Crippen molar-refractivity contribution in [2.24, 2.45) is 10.7 Å². The Kier molecular flexibility index (Phi) is 6.47. The van der Waals surface area contributed by atoms with E-state index in [0.29, 0.717) is 13.1 Å². The zero-order chi connectivity index (χ0) is 22.8. The third kappa shape index (κ3) is 4.78. The average molecular weight is 438 g/mol.